The molecule has 1 amide bonds. The van der Waals surface area contributed by atoms with Crippen LogP contribution in [0.25, 0.3) is 11.0 Å². The maximum Gasteiger partial charge on any atom is 0.329 e. The molecule has 0 N–H and O–H groups in total. The molecule has 24 heavy (non-hydrogen) atoms. The first kappa shape index (κ1) is 14.8. The second kappa shape index (κ2) is 5.67. The van der Waals surface area contributed by atoms with Crippen molar-refractivity contribution in [1.29, 1.82) is 0 Å². The van der Waals surface area contributed by atoms with Crippen molar-refractivity contribution in [3.8, 4) is 0 Å². The van der Waals surface area contributed by atoms with Crippen LogP contribution in [0.5, 0.6) is 0 Å². The van der Waals surface area contributed by atoms with E-state index < -0.39 is 0 Å². The van der Waals surface area contributed by atoms with Crippen molar-refractivity contribution in [3.63, 3.8) is 0 Å². The Morgan fingerprint density at radius 1 is 1.00 bits per heavy atom. The third-order valence-electron chi connectivity index (χ3n) is 4.72. The number of para-hydroxylation sites is 3. The highest BCUT2D eigenvalue weighted by molar-refractivity contribution is 5.96. The number of fused-ring (bicyclic) bond motifs is 2. The summed E-state index contributed by atoms with van der Waals surface area (Å²) in [4.78, 5) is 27.3. The molecule has 122 valence electrons. The van der Waals surface area contributed by atoms with Crippen LogP contribution in [0.4, 0.5) is 5.69 Å². The SMILES string of the molecule is CCn1c(=O)n(CC(=O)N2CCc3ccccc32)c2ccccc21. The molecule has 0 aliphatic carbocycles. The average Bonchev–Trinajstić information content (AvgIpc) is 3.15. The third-order valence-corrected chi connectivity index (χ3v) is 4.72. The van der Waals surface area contributed by atoms with Gasteiger partial charge in [0.25, 0.3) is 0 Å². The smallest absolute Gasteiger partial charge is 0.310 e. The predicted octanol–water partition coefficient (Wildman–Crippen LogP) is 2.41. The molecule has 0 saturated heterocycles. The van der Waals surface area contributed by atoms with Crippen molar-refractivity contribution >= 4 is 22.6 Å². The number of aryl methyl sites for hydroxylation is 1. The monoisotopic (exact) mass is 321 g/mol. The van der Waals surface area contributed by atoms with Gasteiger partial charge in [-0.15, -0.1) is 0 Å². The van der Waals surface area contributed by atoms with Gasteiger partial charge in [-0.25, -0.2) is 4.79 Å². The summed E-state index contributed by atoms with van der Waals surface area (Å²) in [5, 5.41) is 0. The van der Waals surface area contributed by atoms with E-state index in [0.29, 0.717) is 13.1 Å². The van der Waals surface area contributed by atoms with E-state index >= 15 is 0 Å². The van der Waals surface area contributed by atoms with Crippen molar-refractivity contribution in [1.82, 2.24) is 9.13 Å². The number of hydrogen-bond acceptors (Lipinski definition) is 2. The van der Waals surface area contributed by atoms with Crippen LogP contribution in [0.3, 0.4) is 0 Å². The molecule has 2 aromatic carbocycles. The number of anilines is 1. The van der Waals surface area contributed by atoms with Crippen LogP contribution in [0.2, 0.25) is 0 Å². The van der Waals surface area contributed by atoms with Gasteiger partial charge in [-0.3, -0.25) is 13.9 Å². The third kappa shape index (κ3) is 2.16. The van der Waals surface area contributed by atoms with Crippen LogP contribution in [0.1, 0.15) is 12.5 Å². The maximum absolute atomic E-state index is 12.8. The molecule has 0 bridgehead atoms. The summed E-state index contributed by atoms with van der Waals surface area (Å²) in [6.45, 7) is 3.28. The number of hydrogen-bond donors (Lipinski definition) is 0. The number of imidazole rings is 1. The van der Waals surface area contributed by atoms with Crippen LogP contribution >= 0.6 is 0 Å². The van der Waals surface area contributed by atoms with Gasteiger partial charge in [0, 0.05) is 18.8 Å². The Balaban J connectivity index is 1.72. The van der Waals surface area contributed by atoms with E-state index in [4.69, 9.17) is 0 Å². The van der Waals surface area contributed by atoms with Crippen molar-refractivity contribution in [2.24, 2.45) is 0 Å². The van der Waals surface area contributed by atoms with Gasteiger partial charge in [-0.05, 0) is 37.1 Å². The van der Waals surface area contributed by atoms with Crippen molar-refractivity contribution in [3.05, 3.63) is 64.6 Å². The summed E-state index contributed by atoms with van der Waals surface area (Å²) in [5.41, 5.74) is 3.72. The van der Waals surface area contributed by atoms with Crippen molar-refractivity contribution in [2.45, 2.75) is 26.4 Å². The summed E-state index contributed by atoms with van der Waals surface area (Å²) in [6.07, 6.45) is 0.869. The molecule has 1 aliphatic rings. The maximum atomic E-state index is 12.8. The molecular weight excluding hydrogens is 302 g/mol. The molecule has 0 atom stereocenters. The first-order valence-electron chi connectivity index (χ1n) is 8.27. The molecule has 0 spiro atoms. The fourth-order valence-electron chi connectivity index (χ4n) is 3.55. The molecule has 1 aromatic heterocycles. The van der Waals surface area contributed by atoms with Gasteiger partial charge < -0.3 is 4.90 Å². The summed E-state index contributed by atoms with van der Waals surface area (Å²) < 4.78 is 3.29. The van der Waals surface area contributed by atoms with E-state index in [2.05, 4.69) is 6.07 Å². The number of carbonyl (C=O) groups excluding carboxylic acids is 1. The lowest BCUT2D eigenvalue weighted by Crippen LogP contribution is -2.35. The van der Waals surface area contributed by atoms with Gasteiger partial charge in [0.1, 0.15) is 6.54 Å². The largest absolute Gasteiger partial charge is 0.329 e. The van der Waals surface area contributed by atoms with Crippen LogP contribution < -0.4 is 10.6 Å². The molecule has 3 aromatic rings. The fourth-order valence-corrected chi connectivity index (χ4v) is 3.55. The molecule has 5 nitrogen and oxygen atoms in total. The van der Waals surface area contributed by atoms with E-state index in [1.165, 1.54) is 5.56 Å². The molecule has 5 heteroatoms. The second-order valence-corrected chi connectivity index (χ2v) is 6.03. The van der Waals surface area contributed by atoms with E-state index in [0.717, 1.165) is 23.1 Å². The van der Waals surface area contributed by atoms with Gasteiger partial charge in [-0.1, -0.05) is 30.3 Å². The second-order valence-electron chi connectivity index (χ2n) is 6.03. The molecule has 2 heterocycles. The summed E-state index contributed by atoms with van der Waals surface area (Å²) in [6, 6.07) is 15.6. The number of aromatic nitrogens is 2. The minimum absolute atomic E-state index is 0.0407. The summed E-state index contributed by atoms with van der Waals surface area (Å²) in [7, 11) is 0. The van der Waals surface area contributed by atoms with Crippen LogP contribution in [-0.2, 0) is 24.3 Å². The van der Waals surface area contributed by atoms with Gasteiger partial charge in [0.15, 0.2) is 0 Å². The highest BCUT2D eigenvalue weighted by Crippen LogP contribution is 2.27. The number of amides is 1. The molecule has 0 saturated carbocycles. The minimum Gasteiger partial charge on any atom is -0.310 e. The lowest BCUT2D eigenvalue weighted by Gasteiger charge is -2.17. The zero-order valence-electron chi connectivity index (χ0n) is 13.6. The number of carbonyl (C=O) groups is 1. The number of rotatable bonds is 3. The fraction of sp³-hybridized carbons (Fsp3) is 0.263. The van der Waals surface area contributed by atoms with E-state index in [9.17, 15) is 9.59 Å². The van der Waals surface area contributed by atoms with Crippen molar-refractivity contribution in [2.75, 3.05) is 11.4 Å². The summed E-state index contributed by atoms with van der Waals surface area (Å²) in [5.74, 6) is -0.0407. The Morgan fingerprint density at radius 2 is 1.67 bits per heavy atom. The Morgan fingerprint density at radius 3 is 2.42 bits per heavy atom. The number of benzene rings is 2. The molecular formula is C19H19N3O2. The first-order valence-corrected chi connectivity index (χ1v) is 8.27. The minimum atomic E-state index is -0.125. The van der Waals surface area contributed by atoms with E-state index in [1.807, 2.05) is 49.4 Å². The molecule has 0 radical (unpaired) electrons. The Kier molecular flexibility index (Phi) is 3.49. The van der Waals surface area contributed by atoms with Crippen LogP contribution in [0, 0.1) is 0 Å². The highest BCUT2D eigenvalue weighted by Gasteiger charge is 2.25. The normalized spacial score (nSPS) is 13.5. The molecule has 1 aliphatic heterocycles. The quantitative estimate of drug-likeness (QED) is 0.744. The van der Waals surface area contributed by atoms with Crippen LogP contribution in [0.15, 0.2) is 53.3 Å². The Hall–Kier alpha value is -2.82. The molecule has 0 fully saturated rings. The van der Waals surface area contributed by atoms with Gasteiger partial charge in [-0.2, -0.15) is 0 Å². The lowest BCUT2D eigenvalue weighted by atomic mass is 10.2. The van der Waals surface area contributed by atoms with E-state index in [1.54, 1.807) is 14.0 Å². The van der Waals surface area contributed by atoms with Gasteiger partial charge >= 0.3 is 5.69 Å². The Labute approximate surface area is 139 Å². The zero-order valence-corrected chi connectivity index (χ0v) is 13.6. The summed E-state index contributed by atoms with van der Waals surface area (Å²) >= 11 is 0. The molecule has 4 rings (SSSR count). The van der Waals surface area contributed by atoms with E-state index in [-0.39, 0.29) is 18.1 Å². The van der Waals surface area contributed by atoms with Crippen LogP contribution in [-0.4, -0.2) is 21.6 Å². The van der Waals surface area contributed by atoms with Gasteiger partial charge in [0.2, 0.25) is 5.91 Å². The highest BCUT2D eigenvalue weighted by atomic mass is 16.2. The standard InChI is InChI=1S/C19H19N3O2/c1-2-20-16-9-5-6-10-17(16)22(19(20)24)13-18(23)21-12-11-14-7-3-4-8-15(14)21/h3-10H,2,11-13H2,1H3. The topological polar surface area (TPSA) is 47.2 Å². The number of nitrogens with zero attached hydrogens (tertiary/aromatic N) is 3. The lowest BCUT2D eigenvalue weighted by molar-refractivity contribution is -0.119. The van der Waals surface area contributed by atoms with Gasteiger partial charge in [0.05, 0.1) is 11.0 Å². The zero-order chi connectivity index (χ0) is 16.7. The Bertz CT molecular complexity index is 984. The average molecular weight is 321 g/mol. The predicted molar refractivity (Wildman–Crippen MR) is 94.4 cm³/mol. The van der Waals surface area contributed by atoms with Crippen molar-refractivity contribution < 1.29 is 4.79 Å². The first-order chi connectivity index (χ1) is 11.7. The molecule has 0 unspecified atom stereocenters.